The summed E-state index contributed by atoms with van der Waals surface area (Å²) in [5.41, 5.74) is 2.47. The minimum absolute atomic E-state index is 0.00276. The molecule has 1 N–H and O–H groups in total. The van der Waals surface area contributed by atoms with E-state index in [9.17, 15) is 22.8 Å². The molecule has 33 heavy (non-hydrogen) atoms. The number of alkyl halides is 3. The van der Waals surface area contributed by atoms with Crippen LogP contribution in [-0.4, -0.2) is 39.4 Å². The summed E-state index contributed by atoms with van der Waals surface area (Å²) in [6.45, 7) is 0. The maximum atomic E-state index is 12.9. The summed E-state index contributed by atoms with van der Waals surface area (Å²) in [5, 5.41) is 2.34. The Hall–Kier alpha value is -3.92. The molecule has 0 saturated heterocycles. The Morgan fingerprint density at radius 1 is 1.00 bits per heavy atom. The number of carbonyl (C=O) groups is 2. The summed E-state index contributed by atoms with van der Waals surface area (Å²) < 4.78 is 38.9. The maximum Gasteiger partial charge on any atom is 0.471 e. The second kappa shape index (κ2) is 8.55. The summed E-state index contributed by atoms with van der Waals surface area (Å²) in [5.74, 6) is -2.41. The SMILES string of the molecule is CN(C(=O)c1cn2c(-c3ccc(NC(=O)C(F)(F)F)cc3)cnc2cn1)c1ccc(Cl)cc1. The molecule has 0 saturated carbocycles. The molecule has 168 valence electrons. The minimum atomic E-state index is -4.98. The highest BCUT2D eigenvalue weighted by molar-refractivity contribution is 6.30. The fourth-order valence-corrected chi connectivity index (χ4v) is 3.22. The number of halogens is 4. The smallest absolute Gasteiger partial charge is 0.318 e. The molecule has 0 fully saturated rings. The van der Waals surface area contributed by atoms with Crippen molar-refractivity contribution in [2.24, 2.45) is 0 Å². The van der Waals surface area contributed by atoms with Gasteiger partial charge in [0.05, 0.1) is 18.1 Å². The van der Waals surface area contributed by atoms with Crippen LogP contribution in [0.4, 0.5) is 24.5 Å². The van der Waals surface area contributed by atoms with E-state index < -0.39 is 12.1 Å². The molecule has 2 aromatic carbocycles. The van der Waals surface area contributed by atoms with Gasteiger partial charge < -0.3 is 10.2 Å². The van der Waals surface area contributed by atoms with Crippen molar-refractivity contribution in [3.05, 3.63) is 77.8 Å². The topological polar surface area (TPSA) is 79.6 Å². The first-order valence-electron chi connectivity index (χ1n) is 9.49. The number of carbonyl (C=O) groups excluding carboxylic acids is 2. The Balaban J connectivity index is 1.61. The van der Waals surface area contributed by atoms with Crippen LogP contribution in [0.2, 0.25) is 5.02 Å². The van der Waals surface area contributed by atoms with Gasteiger partial charge in [0.25, 0.3) is 5.91 Å². The summed E-state index contributed by atoms with van der Waals surface area (Å²) in [4.78, 5) is 33.9. The van der Waals surface area contributed by atoms with Crippen molar-refractivity contribution in [3.8, 4) is 11.3 Å². The molecule has 0 unspecified atom stereocenters. The van der Waals surface area contributed by atoms with Crippen LogP contribution in [0.1, 0.15) is 10.5 Å². The molecule has 2 heterocycles. The van der Waals surface area contributed by atoms with Crippen molar-refractivity contribution < 1.29 is 22.8 Å². The van der Waals surface area contributed by atoms with E-state index in [0.717, 1.165) is 0 Å². The Morgan fingerprint density at radius 2 is 1.67 bits per heavy atom. The Bertz CT molecular complexity index is 1340. The zero-order chi connectivity index (χ0) is 23.8. The average molecular weight is 474 g/mol. The zero-order valence-electron chi connectivity index (χ0n) is 17.0. The number of imidazole rings is 1. The van der Waals surface area contributed by atoms with Crippen LogP contribution in [0.3, 0.4) is 0 Å². The van der Waals surface area contributed by atoms with E-state index in [4.69, 9.17) is 11.6 Å². The monoisotopic (exact) mass is 473 g/mol. The van der Waals surface area contributed by atoms with Crippen molar-refractivity contribution in [1.82, 2.24) is 14.4 Å². The second-order valence-corrected chi connectivity index (χ2v) is 7.45. The molecule has 0 atom stereocenters. The minimum Gasteiger partial charge on any atom is -0.318 e. The predicted molar refractivity (Wildman–Crippen MR) is 117 cm³/mol. The molecule has 0 bridgehead atoms. The number of amides is 2. The van der Waals surface area contributed by atoms with E-state index in [-0.39, 0.29) is 17.3 Å². The molecule has 4 rings (SSSR count). The Labute approximate surface area is 190 Å². The molecule has 4 aromatic rings. The van der Waals surface area contributed by atoms with Gasteiger partial charge in [-0.3, -0.25) is 14.0 Å². The number of anilines is 2. The van der Waals surface area contributed by atoms with E-state index >= 15 is 0 Å². The molecular formula is C22H15ClF3N5O2. The molecule has 11 heteroatoms. The highest BCUT2D eigenvalue weighted by Gasteiger charge is 2.38. The van der Waals surface area contributed by atoms with Crippen molar-refractivity contribution in [2.75, 3.05) is 17.3 Å². The molecule has 2 aromatic heterocycles. The summed E-state index contributed by atoms with van der Waals surface area (Å²) in [7, 11) is 1.61. The third kappa shape index (κ3) is 4.65. The Kier molecular flexibility index (Phi) is 5.77. The molecule has 0 radical (unpaired) electrons. The first-order chi connectivity index (χ1) is 15.6. The van der Waals surface area contributed by atoms with Gasteiger partial charge in [-0.25, -0.2) is 9.97 Å². The lowest BCUT2D eigenvalue weighted by atomic mass is 10.1. The van der Waals surface area contributed by atoms with Crippen LogP contribution in [0.15, 0.2) is 67.1 Å². The van der Waals surface area contributed by atoms with Crippen LogP contribution in [0.25, 0.3) is 16.9 Å². The number of rotatable bonds is 4. The number of aromatic nitrogens is 3. The third-order valence-corrected chi connectivity index (χ3v) is 5.08. The van der Waals surface area contributed by atoms with Gasteiger partial charge in [0, 0.05) is 35.2 Å². The van der Waals surface area contributed by atoms with E-state index in [1.54, 1.807) is 47.2 Å². The average Bonchev–Trinajstić information content (AvgIpc) is 3.22. The number of benzene rings is 2. The predicted octanol–water partition coefficient (Wildman–Crippen LogP) is 4.83. The largest absolute Gasteiger partial charge is 0.471 e. The maximum absolute atomic E-state index is 12.9. The van der Waals surface area contributed by atoms with Crippen molar-refractivity contribution in [1.29, 1.82) is 0 Å². The second-order valence-electron chi connectivity index (χ2n) is 7.01. The van der Waals surface area contributed by atoms with Gasteiger partial charge in [0.15, 0.2) is 5.65 Å². The van der Waals surface area contributed by atoms with E-state index in [1.807, 2.05) is 0 Å². The normalized spacial score (nSPS) is 11.4. The van der Waals surface area contributed by atoms with Gasteiger partial charge in [-0.2, -0.15) is 13.2 Å². The van der Waals surface area contributed by atoms with E-state index in [1.165, 1.54) is 41.6 Å². The Morgan fingerprint density at radius 3 is 2.30 bits per heavy atom. The molecule has 0 aliphatic rings. The fourth-order valence-electron chi connectivity index (χ4n) is 3.09. The molecule has 0 spiro atoms. The van der Waals surface area contributed by atoms with Crippen LogP contribution in [-0.2, 0) is 4.79 Å². The number of hydrogen-bond donors (Lipinski definition) is 1. The lowest BCUT2D eigenvalue weighted by molar-refractivity contribution is -0.167. The van der Waals surface area contributed by atoms with Crippen LogP contribution in [0.5, 0.6) is 0 Å². The van der Waals surface area contributed by atoms with Crippen LogP contribution < -0.4 is 10.2 Å². The number of hydrogen-bond acceptors (Lipinski definition) is 4. The lowest BCUT2D eigenvalue weighted by Crippen LogP contribution is -2.29. The first kappa shape index (κ1) is 22.3. The fraction of sp³-hybridized carbons (Fsp3) is 0.0909. The molecule has 7 nitrogen and oxygen atoms in total. The standard InChI is InChI=1S/C22H15ClF3N5O2/c1-30(16-8-4-14(23)5-9-16)20(32)17-12-31-18(10-28-19(31)11-27-17)13-2-6-15(7-3-13)29-21(33)22(24,25)26/h2-12H,1H3,(H,29,33). The van der Waals surface area contributed by atoms with Crippen LogP contribution in [0, 0.1) is 0 Å². The quantitative estimate of drug-likeness (QED) is 0.460. The third-order valence-electron chi connectivity index (χ3n) is 4.83. The van der Waals surface area contributed by atoms with Gasteiger partial charge in [-0.1, -0.05) is 23.7 Å². The van der Waals surface area contributed by atoms with Crippen molar-refractivity contribution in [2.45, 2.75) is 6.18 Å². The summed E-state index contributed by atoms with van der Waals surface area (Å²) in [6, 6.07) is 12.5. The van der Waals surface area contributed by atoms with Crippen molar-refractivity contribution in [3.63, 3.8) is 0 Å². The molecular weight excluding hydrogens is 459 g/mol. The van der Waals surface area contributed by atoms with Crippen LogP contribution >= 0.6 is 11.6 Å². The van der Waals surface area contributed by atoms with E-state index in [0.29, 0.717) is 27.6 Å². The van der Waals surface area contributed by atoms with E-state index in [2.05, 4.69) is 9.97 Å². The highest BCUT2D eigenvalue weighted by atomic mass is 35.5. The summed E-state index contributed by atoms with van der Waals surface area (Å²) in [6.07, 6.45) is -0.441. The van der Waals surface area contributed by atoms with Crippen molar-refractivity contribution >= 4 is 40.4 Å². The number of nitrogens with zero attached hydrogens (tertiary/aromatic N) is 4. The number of nitrogens with one attached hydrogen (secondary N) is 1. The first-order valence-corrected chi connectivity index (χ1v) is 9.86. The van der Waals surface area contributed by atoms with Gasteiger partial charge in [0.1, 0.15) is 5.69 Å². The summed E-state index contributed by atoms with van der Waals surface area (Å²) >= 11 is 5.90. The van der Waals surface area contributed by atoms with Gasteiger partial charge >= 0.3 is 12.1 Å². The molecule has 0 aliphatic heterocycles. The van der Waals surface area contributed by atoms with Gasteiger partial charge in [-0.15, -0.1) is 0 Å². The van der Waals surface area contributed by atoms with Gasteiger partial charge in [0.2, 0.25) is 0 Å². The number of fused-ring (bicyclic) bond motifs is 1. The lowest BCUT2D eigenvalue weighted by Gasteiger charge is -2.17. The molecule has 2 amide bonds. The highest BCUT2D eigenvalue weighted by Crippen LogP contribution is 2.25. The van der Waals surface area contributed by atoms with Gasteiger partial charge in [-0.05, 0) is 36.4 Å². The molecule has 0 aliphatic carbocycles. The zero-order valence-corrected chi connectivity index (χ0v) is 17.7.